The first kappa shape index (κ1) is 18.3. The predicted molar refractivity (Wildman–Crippen MR) is 118 cm³/mol. The second kappa shape index (κ2) is 7.02. The third-order valence-electron chi connectivity index (χ3n) is 10.5. The van der Waals surface area contributed by atoms with Crippen molar-refractivity contribution in [3.8, 4) is 0 Å². The molecule has 0 aromatic carbocycles. The summed E-state index contributed by atoms with van der Waals surface area (Å²) in [6, 6.07) is 0. The smallest absolute Gasteiger partial charge is 0.00559 e. The van der Waals surface area contributed by atoms with Crippen molar-refractivity contribution < 1.29 is 0 Å². The molecule has 6 aliphatic rings. The first-order chi connectivity index (χ1) is 13.8. The second-order valence-electron chi connectivity index (χ2n) is 11.5. The van der Waals surface area contributed by atoms with Gasteiger partial charge in [0.15, 0.2) is 0 Å². The van der Waals surface area contributed by atoms with Crippen LogP contribution < -0.4 is 0 Å². The molecule has 3 saturated carbocycles. The van der Waals surface area contributed by atoms with E-state index in [0.29, 0.717) is 0 Å². The van der Waals surface area contributed by atoms with Crippen LogP contribution in [0.3, 0.4) is 0 Å². The zero-order chi connectivity index (χ0) is 18.8. The maximum atomic E-state index is 2.42. The highest BCUT2D eigenvalue weighted by molar-refractivity contribution is 5.60. The van der Waals surface area contributed by atoms with Crippen molar-refractivity contribution in [3.63, 3.8) is 0 Å². The highest BCUT2D eigenvalue weighted by atomic mass is 14.7. The molecule has 0 saturated heterocycles. The molecule has 0 amide bonds. The molecular formula is C28H42. The molecule has 6 rings (SSSR count). The Morgan fingerprint density at radius 3 is 2.43 bits per heavy atom. The van der Waals surface area contributed by atoms with E-state index in [4.69, 9.17) is 0 Å². The fraction of sp³-hybridized carbons (Fsp3) is 0.857. The van der Waals surface area contributed by atoms with E-state index in [-0.39, 0.29) is 0 Å². The van der Waals surface area contributed by atoms with Crippen molar-refractivity contribution >= 4 is 0 Å². The van der Waals surface area contributed by atoms with Gasteiger partial charge in [-0.25, -0.2) is 0 Å². The number of hydrogen-bond acceptors (Lipinski definition) is 0. The molecular weight excluding hydrogens is 336 g/mol. The van der Waals surface area contributed by atoms with E-state index < -0.39 is 0 Å². The molecule has 0 heterocycles. The fourth-order valence-corrected chi connectivity index (χ4v) is 9.82. The van der Waals surface area contributed by atoms with Crippen molar-refractivity contribution in [2.75, 3.05) is 0 Å². The Morgan fingerprint density at radius 1 is 0.786 bits per heavy atom. The average Bonchev–Trinajstić information content (AvgIpc) is 3.46. The summed E-state index contributed by atoms with van der Waals surface area (Å²) in [5, 5.41) is 0. The van der Waals surface area contributed by atoms with Gasteiger partial charge in [-0.15, -0.1) is 0 Å². The van der Waals surface area contributed by atoms with Crippen LogP contribution in [0.15, 0.2) is 22.3 Å². The van der Waals surface area contributed by atoms with Crippen molar-refractivity contribution in [1.29, 1.82) is 0 Å². The molecule has 0 heteroatoms. The molecule has 28 heavy (non-hydrogen) atoms. The van der Waals surface area contributed by atoms with Crippen molar-refractivity contribution in [2.24, 2.45) is 47.3 Å². The lowest BCUT2D eigenvalue weighted by molar-refractivity contribution is 0.0452. The van der Waals surface area contributed by atoms with Crippen LogP contribution in [0.5, 0.6) is 0 Å². The highest BCUT2D eigenvalue weighted by Gasteiger charge is 2.62. The SMILES string of the molecule is CCCCC1CCCC(C2[C@@H]3CC4CCC5=C4C3C3=C5CC[C@H]32)C1CCCC. The third-order valence-corrected chi connectivity index (χ3v) is 10.5. The Balaban J connectivity index is 1.32. The van der Waals surface area contributed by atoms with Gasteiger partial charge in [-0.05, 0) is 97.5 Å². The molecule has 0 aromatic rings. The number of unbranched alkanes of at least 4 members (excludes halogenated alkanes) is 2. The minimum absolute atomic E-state index is 0.984. The van der Waals surface area contributed by atoms with Crippen LogP contribution in [-0.2, 0) is 0 Å². The Bertz CT molecular complexity index is 693. The molecule has 8 atom stereocenters. The summed E-state index contributed by atoms with van der Waals surface area (Å²) >= 11 is 0. The van der Waals surface area contributed by atoms with Crippen LogP contribution in [0, 0.1) is 47.3 Å². The molecule has 6 aliphatic carbocycles. The maximum Gasteiger partial charge on any atom is 0.00559 e. The van der Waals surface area contributed by atoms with Gasteiger partial charge in [0.1, 0.15) is 0 Å². The molecule has 0 radical (unpaired) electrons. The van der Waals surface area contributed by atoms with E-state index in [0.717, 1.165) is 47.3 Å². The third kappa shape index (κ3) is 2.42. The Kier molecular flexibility index (Phi) is 4.58. The molecule has 6 unspecified atom stereocenters. The molecule has 154 valence electrons. The summed E-state index contributed by atoms with van der Waals surface area (Å²) in [4.78, 5) is 0. The zero-order valence-corrected chi connectivity index (χ0v) is 18.5. The largest absolute Gasteiger partial charge is 0.0654 e. The van der Waals surface area contributed by atoms with E-state index in [1.54, 1.807) is 44.9 Å². The predicted octanol–water partition coefficient (Wildman–Crippen LogP) is 8.09. The van der Waals surface area contributed by atoms with Crippen molar-refractivity contribution in [2.45, 2.75) is 104 Å². The first-order valence-corrected chi connectivity index (χ1v) is 13.3. The number of fused-ring (bicyclic) bond motifs is 1. The fourth-order valence-electron chi connectivity index (χ4n) is 9.82. The standard InChI is InChI=1S/C28H42/c1-3-5-8-17-9-7-11-20(19(17)10-6-4-2)26-23-15-14-22-21-13-12-18-16-24(26)28(25(18)21)27(22)23/h17-20,23-24,26,28H,3-16H2,1-2H3/t17?,18?,19?,20?,23-,24-,26?,28?/m0/s1. The molecule has 0 nitrogen and oxygen atoms in total. The molecule has 0 spiro atoms. The second-order valence-corrected chi connectivity index (χ2v) is 11.5. The van der Waals surface area contributed by atoms with Crippen LogP contribution in [0.2, 0.25) is 0 Å². The molecule has 0 aliphatic heterocycles. The van der Waals surface area contributed by atoms with Gasteiger partial charge in [-0.2, -0.15) is 0 Å². The van der Waals surface area contributed by atoms with E-state index in [9.17, 15) is 0 Å². The number of hydrogen-bond donors (Lipinski definition) is 0. The van der Waals surface area contributed by atoms with E-state index in [1.807, 2.05) is 16.7 Å². The van der Waals surface area contributed by atoms with Gasteiger partial charge in [0, 0.05) is 5.92 Å². The molecule has 3 fully saturated rings. The Hall–Kier alpha value is -0.520. The Morgan fingerprint density at radius 2 is 1.57 bits per heavy atom. The molecule has 0 aromatic heterocycles. The topological polar surface area (TPSA) is 0 Å². The average molecular weight is 379 g/mol. The van der Waals surface area contributed by atoms with Gasteiger partial charge in [-0.3, -0.25) is 0 Å². The summed E-state index contributed by atoms with van der Waals surface area (Å²) < 4.78 is 0. The van der Waals surface area contributed by atoms with Gasteiger partial charge >= 0.3 is 0 Å². The minimum atomic E-state index is 0.984. The van der Waals surface area contributed by atoms with Gasteiger partial charge < -0.3 is 0 Å². The lowest BCUT2D eigenvalue weighted by Gasteiger charge is -2.45. The lowest BCUT2D eigenvalue weighted by Crippen LogP contribution is -2.37. The van der Waals surface area contributed by atoms with E-state index in [2.05, 4.69) is 19.4 Å². The van der Waals surface area contributed by atoms with Crippen molar-refractivity contribution in [3.05, 3.63) is 22.3 Å². The molecule has 0 N–H and O–H groups in total. The summed E-state index contributed by atoms with van der Waals surface area (Å²) in [6.45, 7) is 4.81. The summed E-state index contributed by atoms with van der Waals surface area (Å²) in [6.07, 6.45) is 21.1. The van der Waals surface area contributed by atoms with Crippen LogP contribution in [-0.4, -0.2) is 0 Å². The maximum absolute atomic E-state index is 2.42. The van der Waals surface area contributed by atoms with Crippen LogP contribution in [0.1, 0.15) is 104 Å². The van der Waals surface area contributed by atoms with Gasteiger partial charge in [-0.1, -0.05) is 69.9 Å². The van der Waals surface area contributed by atoms with Crippen molar-refractivity contribution in [1.82, 2.24) is 0 Å². The van der Waals surface area contributed by atoms with E-state index in [1.165, 1.54) is 44.9 Å². The van der Waals surface area contributed by atoms with Crippen LogP contribution in [0.25, 0.3) is 0 Å². The monoisotopic (exact) mass is 378 g/mol. The van der Waals surface area contributed by atoms with Gasteiger partial charge in [0.25, 0.3) is 0 Å². The van der Waals surface area contributed by atoms with E-state index >= 15 is 0 Å². The summed E-state index contributed by atoms with van der Waals surface area (Å²) in [5.41, 5.74) is 7.97. The summed E-state index contributed by atoms with van der Waals surface area (Å²) in [7, 11) is 0. The van der Waals surface area contributed by atoms with Gasteiger partial charge in [0.05, 0.1) is 0 Å². The normalized spacial score (nSPS) is 45.6. The van der Waals surface area contributed by atoms with Crippen LogP contribution in [0.4, 0.5) is 0 Å². The first-order valence-electron chi connectivity index (χ1n) is 13.3. The Labute approximate surface area is 173 Å². The lowest BCUT2D eigenvalue weighted by atomic mass is 9.60. The number of rotatable bonds is 7. The minimum Gasteiger partial charge on any atom is -0.0654 e. The highest BCUT2D eigenvalue weighted by Crippen LogP contribution is 2.72. The zero-order valence-electron chi connectivity index (χ0n) is 18.5. The quantitative estimate of drug-likeness (QED) is 0.420. The van der Waals surface area contributed by atoms with Gasteiger partial charge in [0.2, 0.25) is 0 Å². The summed E-state index contributed by atoms with van der Waals surface area (Å²) in [5.74, 6) is 8.41. The number of allylic oxidation sites excluding steroid dienone is 4. The molecule has 0 bridgehead atoms. The van der Waals surface area contributed by atoms with Crippen LogP contribution >= 0.6 is 0 Å².